The van der Waals surface area contributed by atoms with Gasteiger partial charge in [-0.15, -0.1) is 23.3 Å². The number of ether oxygens (including phenoxy) is 1. The van der Waals surface area contributed by atoms with Crippen LogP contribution in [0.1, 0.15) is 13.8 Å². The van der Waals surface area contributed by atoms with Gasteiger partial charge in [-0.25, -0.2) is 0 Å². The lowest BCUT2D eigenvalue weighted by Crippen LogP contribution is -2.02. The molecule has 0 rings (SSSR count). The maximum absolute atomic E-state index is 4.85. The molecule has 0 aliphatic rings. The molecule has 0 aromatic carbocycles. The first-order valence-corrected chi connectivity index (χ1v) is 4.68. The van der Waals surface area contributed by atoms with E-state index in [1.165, 1.54) is 0 Å². The lowest BCUT2D eigenvalue weighted by atomic mass is 10.5. The summed E-state index contributed by atoms with van der Waals surface area (Å²) in [6.45, 7) is 3.81. The molecule has 0 aromatic rings. The van der Waals surface area contributed by atoms with Gasteiger partial charge >= 0.3 is 0 Å². The third kappa shape index (κ3) is 17.6. The fourth-order valence-electron chi connectivity index (χ4n) is 0.202. The Balaban J connectivity index is 0. The summed E-state index contributed by atoms with van der Waals surface area (Å²) in [7, 11) is 0. The zero-order valence-electron chi connectivity index (χ0n) is 5.24. The van der Waals surface area contributed by atoms with Gasteiger partial charge in [-0.2, -0.15) is 0 Å². The van der Waals surface area contributed by atoms with Gasteiger partial charge in [0, 0.05) is 0 Å². The number of thiol groups is 3. The smallest absolute Gasteiger partial charge is 0.217 e. The van der Waals surface area contributed by atoms with Gasteiger partial charge in [0.25, 0.3) is 0 Å². The Morgan fingerprint density at radius 3 is 1.78 bits per heavy atom. The van der Waals surface area contributed by atoms with Crippen molar-refractivity contribution in [2.75, 3.05) is 0 Å². The van der Waals surface area contributed by atoms with Crippen LogP contribution in [-0.4, -0.2) is 10.5 Å². The topological polar surface area (TPSA) is 9.23 Å². The highest BCUT2D eigenvalue weighted by Crippen LogP contribution is 1.92. The number of hydrogen-bond donors (Lipinski definition) is 3. The minimum Gasteiger partial charge on any atom is -0.476 e. The molecular formula is C4H10OS4. The Kier molecular flexibility index (Phi) is 12.5. The first-order chi connectivity index (χ1) is 4.13. The van der Waals surface area contributed by atoms with E-state index in [0.29, 0.717) is 4.38 Å². The fraction of sp³-hybridized carbons (Fsp3) is 0.750. The molecule has 0 aliphatic heterocycles. The Morgan fingerprint density at radius 1 is 1.44 bits per heavy atom. The van der Waals surface area contributed by atoms with Gasteiger partial charge in [0.15, 0.2) is 0 Å². The largest absolute Gasteiger partial charge is 0.476 e. The summed E-state index contributed by atoms with van der Waals surface area (Å²) in [6.07, 6.45) is 0.157. The van der Waals surface area contributed by atoms with E-state index in [1.807, 2.05) is 13.8 Å². The minimum atomic E-state index is 0.157. The first-order valence-electron chi connectivity index (χ1n) is 2.22. The second-order valence-electron chi connectivity index (χ2n) is 1.43. The molecule has 56 valence electrons. The molecule has 0 fully saturated rings. The van der Waals surface area contributed by atoms with Crippen LogP contribution in [0.15, 0.2) is 0 Å². The van der Waals surface area contributed by atoms with Crippen LogP contribution < -0.4 is 0 Å². The molecule has 5 heteroatoms. The molecule has 0 saturated carbocycles. The molecule has 0 atom stereocenters. The summed E-state index contributed by atoms with van der Waals surface area (Å²) in [5, 5.41) is 0. The summed E-state index contributed by atoms with van der Waals surface area (Å²) < 4.78 is 5.16. The van der Waals surface area contributed by atoms with E-state index < -0.39 is 0 Å². The first kappa shape index (κ1) is 12.6. The quantitative estimate of drug-likeness (QED) is 0.342. The number of rotatable bonds is 1. The standard InChI is InChI=1S/C4H8OS2.H2S2/c1-3(2)5-4(6)7;1-2/h3H,1-2H3,(H,6,7);1-2H. The second-order valence-corrected chi connectivity index (χ2v) is 2.51. The number of thiocarbonyl (C=S) groups is 1. The third-order valence-electron chi connectivity index (χ3n) is 0.337. The van der Waals surface area contributed by atoms with Gasteiger partial charge in [-0.3, -0.25) is 0 Å². The van der Waals surface area contributed by atoms with Crippen molar-refractivity contribution in [1.29, 1.82) is 0 Å². The zero-order chi connectivity index (χ0) is 7.86. The van der Waals surface area contributed by atoms with Crippen molar-refractivity contribution < 1.29 is 4.74 Å². The van der Waals surface area contributed by atoms with E-state index in [4.69, 9.17) is 4.74 Å². The SMILES string of the molecule is CC(C)OC(=S)S.SS. The molecule has 0 heterocycles. The van der Waals surface area contributed by atoms with Crippen molar-refractivity contribution >= 4 is 52.6 Å². The molecule has 0 aliphatic carbocycles. The molecule has 9 heavy (non-hydrogen) atoms. The van der Waals surface area contributed by atoms with Crippen molar-refractivity contribution in [1.82, 2.24) is 0 Å². The van der Waals surface area contributed by atoms with Crippen LogP contribution >= 0.6 is 48.2 Å². The van der Waals surface area contributed by atoms with E-state index in [2.05, 4.69) is 48.2 Å². The van der Waals surface area contributed by atoms with Crippen LogP contribution in [0, 0.1) is 0 Å². The van der Waals surface area contributed by atoms with E-state index in [0.717, 1.165) is 0 Å². The third-order valence-corrected chi connectivity index (χ3v) is 0.538. The van der Waals surface area contributed by atoms with Crippen molar-refractivity contribution in [3.63, 3.8) is 0 Å². The Labute approximate surface area is 77.2 Å². The normalized spacial score (nSPS) is 7.78. The summed E-state index contributed by atoms with van der Waals surface area (Å²) in [5.74, 6) is 0. The minimum absolute atomic E-state index is 0.157. The van der Waals surface area contributed by atoms with E-state index in [-0.39, 0.29) is 6.10 Å². The van der Waals surface area contributed by atoms with Crippen LogP contribution in [0.3, 0.4) is 0 Å². The zero-order valence-corrected chi connectivity index (χ0v) is 8.74. The summed E-state index contributed by atoms with van der Waals surface area (Å²) >= 11 is 14.7. The van der Waals surface area contributed by atoms with Gasteiger partial charge in [-0.05, 0) is 26.1 Å². The summed E-state index contributed by atoms with van der Waals surface area (Å²) in [5.41, 5.74) is 0. The molecular weight excluding hydrogens is 192 g/mol. The monoisotopic (exact) mass is 202 g/mol. The molecule has 0 bridgehead atoms. The average molecular weight is 202 g/mol. The maximum Gasteiger partial charge on any atom is 0.217 e. The van der Waals surface area contributed by atoms with Gasteiger partial charge in [0.05, 0.1) is 6.10 Å². The maximum atomic E-state index is 4.85. The van der Waals surface area contributed by atoms with E-state index in [1.54, 1.807) is 0 Å². The van der Waals surface area contributed by atoms with E-state index in [9.17, 15) is 0 Å². The van der Waals surface area contributed by atoms with Crippen LogP contribution in [0.4, 0.5) is 0 Å². The van der Waals surface area contributed by atoms with Gasteiger partial charge in [-0.1, -0.05) is 12.6 Å². The highest BCUT2D eigenvalue weighted by Gasteiger charge is 1.90. The van der Waals surface area contributed by atoms with Gasteiger partial charge in [0.1, 0.15) is 0 Å². The Bertz CT molecular complexity index is 73.0. The van der Waals surface area contributed by atoms with Crippen molar-refractivity contribution in [2.24, 2.45) is 0 Å². The lowest BCUT2D eigenvalue weighted by molar-refractivity contribution is 0.243. The lowest BCUT2D eigenvalue weighted by Gasteiger charge is -2.03. The van der Waals surface area contributed by atoms with Crippen LogP contribution in [0.5, 0.6) is 0 Å². The van der Waals surface area contributed by atoms with Crippen molar-refractivity contribution in [2.45, 2.75) is 20.0 Å². The molecule has 0 unspecified atom stereocenters. The average Bonchev–Trinajstić information content (AvgIpc) is 1.68. The van der Waals surface area contributed by atoms with Crippen LogP contribution in [0.25, 0.3) is 0 Å². The molecule has 1 nitrogen and oxygen atoms in total. The van der Waals surface area contributed by atoms with Crippen molar-refractivity contribution in [3.8, 4) is 0 Å². The highest BCUT2D eigenvalue weighted by molar-refractivity contribution is 8.59. The molecule has 0 amide bonds. The van der Waals surface area contributed by atoms with Crippen LogP contribution in [0.2, 0.25) is 0 Å². The molecule has 0 radical (unpaired) electrons. The molecule has 0 spiro atoms. The second kappa shape index (κ2) is 8.94. The predicted molar refractivity (Wildman–Crippen MR) is 55.8 cm³/mol. The summed E-state index contributed by atoms with van der Waals surface area (Å²) in [6, 6.07) is 0. The Morgan fingerprint density at radius 2 is 1.78 bits per heavy atom. The molecule has 0 saturated heterocycles. The fourth-order valence-corrected chi connectivity index (χ4v) is 0.605. The van der Waals surface area contributed by atoms with E-state index >= 15 is 0 Å². The molecule has 0 N–H and O–H groups in total. The van der Waals surface area contributed by atoms with Gasteiger partial charge < -0.3 is 4.74 Å². The predicted octanol–water partition coefficient (Wildman–Crippen LogP) is 2.39. The summed E-state index contributed by atoms with van der Waals surface area (Å²) in [4.78, 5) is 0. The van der Waals surface area contributed by atoms with Crippen LogP contribution in [-0.2, 0) is 4.74 Å². The molecule has 0 aromatic heterocycles. The Hall–Kier alpha value is 0.940. The highest BCUT2D eigenvalue weighted by atomic mass is 33.1. The number of hydrogen-bond acceptors (Lipinski definition) is 4. The van der Waals surface area contributed by atoms with Gasteiger partial charge in [0.2, 0.25) is 4.38 Å². The van der Waals surface area contributed by atoms with Crippen molar-refractivity contribution in [3.05, 3.63) is 0 Å².